The van der Waals surface area contributed by atoms with Crippen LogP contribution in [0.1, 0.15) is 5.56 Å². The molecule has 1 aromatic heterocycles. The van der Waals surface area contributed by atoms with Gasteiger partial charge in [-0.25, -0.2) is 4.79 Å². The number of nitrogens with zero attached hydrogens (tertiary/aromatic N) is 2. The van der Waals surface area contributed by atoms with E-state index in [1.165, 1.54) is 10.9 Å². The monoisotopic (exact) mass is 231 g/mol. The SMILES string of the molecule is CNC(=O)N(C)Cc1cn(C)c2ccccc12. The van der Waals surface area contributed by atoms with Gasteiger partial charge >= 0.3 is 6.03 Å². The van der Waals surface area contributed by atoms with Crippen molar-refractivity contribution in [3.8, 4) is 0 Å². The summed E-state index contributed by atoms with van der Waals surface area (Å²) in [6.07, 6.45) is 2.07. The van der Waals surface area contributed by atoms with E-state index >= 15 is 0 Å². The molecule has 0 atom stereocenters. The Kier molecular flexibility index (Phi) is 3.04. The molecule has 1 heterocycles. The molecule has 90 valence electrons. The summed E-state index contributed by atoms with van der Waals surface area (Å²) in [5, 5.41) is 3.82. The molecule has 0 fully saturated rings. The molecule has 0 spiro atoms. The van der Waals surface area contributed by atoms with Crippen LogP contribution in [0.5, 0.6) is 0 Å². The van der Waals surface area contributed by atoms with Crippen molar-refractivity contribution >= 4 is 16.9 Å². The fourth-order valence-corrected chi connectivity index (χ4v) is 2.07. The van der Waals surface area contributed by atoms with E-state index in [2.05, 4.69) is 28.2 Å². The number of nitrogens with one attached hydrogen (secondary N) is 1. The first-order chi connectivity index (χ1) is 8.13. The molecule has 0 saturated heterocycles. The topological polar surface area (TPSA) is 37.3 Å². The standard InChI is InChI=1S/C13H17N3O/c1-14-13(17)16(3)9-10-8-15(2)12-7-5-4-6-11(10)12/h4-8H,9H2,1-3H3,(H,14,17). The predicted octanol–water partition coefficient (Wildman–Crippen LogP) is 1.95. The summed E-state index contributed by atoms with van der Waals surface area (Å²) in [5.41, 5.74) is 2.35. The summed E-state index contributed by atoms with van der Waals surface area (Å²) < 4.78 is 2.09. The number of aryl methyl sites for hydroxylation is 1. The van der Waals surface area contributed by atoms with E-state index in [1.54, 1.807) is 19.0 Å². The maximum Gasteiger partial charge on any atom is 0.317 e. The lowest BCUT2D eigenvalue weighted by Crippen LogP contribution is -2.34. The van der Waals surface area contributed by atoms with E-state index in [0.29, 0.717) is 6.54 Å². The summed E-state index contributed by atoms with van der Waals surface area (Å²) in [6.45, 7) is 0.612. The molecule has 4 nitrogen and oxygen atoms in total. The van der Waals surface area contributed by atoms with Crippen molar-refractivity contribution in [3.05, 3.63) is 36.0 Å². The summed E-state index contributed by atoms with van der Waals surface area (Å²) in [5.74, 6) is 0. The Morgan fingerprint density at radius 2 is 2.12 bits per heavy atom. The molecule has 17 heavy (non-hydrogen) atoms. The van der Waals surface area contributed by atoms with Gasteiger partial charge in [0.25, 0.3) is 0 Å². The van der Waals surface area contributed by atoms with Gasteiger partial charge in [0.05, 0.1) is 0 Å². The molecular formula is C13H17N3O. The van der Waals surface area contributed by atoms with Gasteiger partial charge in [0.1, 0.15) is 0 Å². The molecule has 0 bridgehead atoms. The zero-order valence-electron chi connectivity index (χ0n) is 10.4. The first-order valence-electron chi connectivity index (χ1n) is 5.59. The highest BCUT2D eigenvalue weighted by atomic mass is 16.2. The van der Waals surface area contributed by atoms with Crippen LogP contribution in [0.2, 0.25) is 0 Å². The van der Waals surface area contributed by atoms with Crippen molar-refractivity contribution in [1.82, 2.24) is 14.8 Å². The van der Waals surface area contributed by atoms with Crippen molar-refractivity contribution in [2.24, 2.45) is 7.05 Å². The molecule has 0 aliphatic carbocycles. The molecule has 0 aliphatic heterocycles. The van der Waals surface area contributed by atoms with Crippen molar-refractivity contribution in [3.63, 3.8) is 0 Å². The van der Waals surface area contributed by atoms with Crippen LogP contribution in [0.15, 0.2) is 30.5 Å². The van der Waals surface area contributed by atoms with Crippen LogP contribution in [-0.2, 0) is 13.6 Å². The van der Waals surface area contributed by atoms with Gasteiger partial charge in [-0.1, -0.05) is 18.2 Å². The highest BCUT2D eigenvalue weighted by Gasteiger charge is 2.11. The summed E-state index contributed by atoms with van der Waals surface area (Å²) in [4.78, 5) is 13.1. The second-order valence-corrected chi connectivity index (χ2v) is 4.19. The maximum absolute atomic E-state index is 11.5. The summed E-state index contributed by atoms with van der Waals surface area (Å²) in [6, 6.07) is 8.14. The van der Waals surface area contributed by atoms with Crippen molar-refractivity contribution in [1.29, 1.82) is 0 Å². The lowest BCUT2D eigenvalue weighted by Gasteiger charge is -2.15. The lowest BCUT2D eigenvalue weighted by molar-refractivity contribution is 0.209. The quantitative estimate of drug-likeness (QED) is 0.842. The van der Waals surface area contributed by atoms with Crippen LogP contribution < -0.4 is 5.32 Å². The van der Waals surface area contributed by atoms with E-state index in [1.807, 2.05) is 19.2 Å². The largest absolute Gasteiger partial charge is 0.350 e. The zero-order chi connectivity index (χ0) is 12.4. The number of benzene rings is 1. The minimum Gasteiger partial charge on any atom is -0.350 e. The second-order valence-electron chi connectivity index (χ2n) is 4.19. The minimum absolute atomic E-state index is 0.0714. The highest BCUT2D eigenvalue weighted by molar-refractivity contribution is 5.84. The normalized spacial score (nSPS) is 10.5. The number of amides is 2. The van der Waals surface area contributed by atoms with Crippen LogP contribution in [0.25, 0.3) is 10.9 Å². The molecule has 0 aliphatic rings. The Balaban J connectivity index is 2.33. The van der Waals surface area contributed by atoms with Gasteiger partial charge < -0.3 is 14.8 Å². The van der Waals surface area contributed by atoms with E-state index in [9.17, 15) is 4.79 Å². The molecule has 2 amide bonds. The van der Waals surface area contributed by atoms with Crippen LogP contribution in [0, 0.1) is 0 Å². The van der Waals surface area contributed by atoms with Crippen molar-refractivity contribution < 1.29 is 4.79 Å². The molecule has 2 aromatic rings. The smallest absolute Gasteiger partial charge is 0.317 e. The summed E-state index contributed by atoms with van der Waals surface area (Å²) >= 11 is 0. The molecule has 0 radical (unpaired) electrons. The third kappa shape index (κ3) is 2.11. The minimum atomic E-state index is -0.0714. The van der Waals surface area contributed by atoms with E-state index in [0.717, 1.165) is 5.56 Å². The van der Waals surface area contributed by atoms with Crippen molar-refractivity contribution in [2.75, 3.05) is 14.1 Å². The van der Waals surface area contributed by atoms with Gasteiger partial charge in [0, 0.05) is 44.8 Å². The molecule has 1 N–H and O–H groups in total. The van der Waals surface area contributed by atoms with E-state index < -0.39 is 0 Å². The maximum atomic E-state index is 11.5. The van der Waals surface area contributed by atoms with Gasteiger partial charge in [0.2, 0.25) is 0 Å². The Labute approximate surface area is 101 Å². The fraction of sp³-hybridized carbons (Fsp3) is 0.308. The first-order valence-corrected chi connectivity index (χ1v) is 5.59. The number of hydrogen-bond donors (Lipinski definition) is 1. The molecular weight excluding hydrogens is 214 g/mol. The highest BCUT2D eigenvalue weighted by Crippen LogP contribution is 2.21. The first kappa shape index (κ1) is 11.5. The number of urea groups is 1. The predicted molar refractivity (Wildman–Crippen MR) is 68.8 cm³/mol. The van der Waals surface area contributed by atoms with Gasteiger partial charge in [-0.15, -0.1) is 0 Å². The average Bonchev–Trinajstić information content (AvgIpc) is 2.66. The number of rotatable bonds is 2. The Hall–Kier alpha value is -1.97. The molecule has 4 heteroatoms. The van der Waals surface area contributed by atoms with E-state index in [4.69, 9.17) is 0 Å². The third-order valence-corrected chi connectivity index (χ3v) is 2.95. The molecule has 0 saturated carbocycles. The average molecular weight is 231 g/mol. The number of carbonyl (C=O) groups excluding carboxylic acids is 1. The Morgan fingerprint density at radius 1 is 1.41 bits per heavy atom. The Morgan fingerprint density at radius 3 is 2.82 bits per heavy atom. The number of hydrogen-bond acceptors (Lipinski definition) is 1. The van der Waals surface area contributed by atoms with Gasteiger partial charge in [0.15, 0.2) is 0 Å². The third-order valence-electron chi connectivity index (χ3n) is 2.95. The lowest BCUT2D eigenvalue weighted by atomic mass is 10.2. The number of aromatic nitrogens is 1. The van der Waals surface area contributed by atoms with Crippen LogP contribution in [-0.4, -0.2) is 29.6 Å². The molecule has 2 rings (SSSR count). The zero-order valence-corrected chi connectivity index (χ0v) is 10.4. The molecule has 0 unspecified atom stereocenters. The van der Waals surface area contributed by atoms with Crippen LogP contribution in [0.4, 0.5) is 4.79 Å². The number of para-hydroxylation sites is 1. The van der Waals surface area contributed by atoms with Gasteiger partial charge in [-0.05, 0) is 11.6 Å². The van der Waals surface area contributed by atoms with Crippen LogP contribution >= 0.6 is 0 Å². The second kappa shape index (κ2) is 4.49. The molecule has 1 aromatic carbocycles. The summed E-state index contributed by atoms with van der Waals surface area (Å²) in [7, 11) is 5.45. The van der Waals surface area contributed by atoms with Gasteiger partial charge in [-0.2, -0.15) is 0 Å². The number of fused-ring (bicyclic) bond motifs is 1. The van der Waals surface area contributed by atoms with Gasteiger partial charge in [-0.3, -0.25) is 0 Å². The van der Waals surface area contributed by atoms with Crippen LogP contribution in [0.3, 0.4) is 0 Å². The fourth-order valence-electron chi connectivity index (χ4n) is 2.07. The number of carbonyl (C=O) groups is 1. The Bertz CT molecular complexity index is 545. The van der Waals surface area contributed by atoms with Crippen molar-refractivity contribution in [2.45, 2.75) is 6.54 Å². The van der Waals surface area contributed by atoms with E-state index in [-0.39, 0.29) is 6.03 Å².